The molecule has 92 valence electrons. The molecule has 1 atom stereocenters. The Labute approximate surface area is 107 Å². The van der Waals surface area contributed by atoms with Gasteiger partial charge in [-0.05, 0) is 41.9 Å². The molecule has 1 aliphatic heterocycles. The Kier molecular flexibility index (Phi) is 2.76. The smallest absolute Gasteiger partial charge is 0.115 e. The first-order chi connectivity index (χ1) is 8.74. The number of fused-ring (bicyclic) bond motifs is 1. The van der Waals surface area contributed by atoms with E-state index in [4.69, 9.17) is 0 Å². The van der Waals surface area contributed by atoms with E-state index in [0.717, 1.165) is 13.1 Å². The van der Waals surface area contributed by atoms with Gasteiger partial charge in [-0.3, -0.25) is 4.98 Å². The standard InChI is InChI=1S/C15H16N2O/c1-17-9-12-7-13(18)4-5-14(12)15(10-17)11-3-2-6-16-8-11/h2-8,15,18H,9-10H2,1H3. The molecule has 3 heteroatoms. The van der Waals surface area contributed by atoms with Crippen molar-refractivity contribution in [2.75, 3.05) is 13.6 Å². The van der Waals surface area contributed by atoms with E-state index in [0.29, 0.717) is 11.7 Å². The van der Waals surface area contributed by atoms with Crippen molar-refractivity contribution in [1.82, 2.24) is 9.88 Å². The molecule has 0 radical (unpaired) electrons. The van der Waals surface area contributed by atoms with Crippen molar-refractivity contribution < 1.29 is 5.11 Å². The number of benzene rings is 1. The van der Waals surface area contributed by atoms with Crippen molar-refractivity contribution >= 4 is 0 Å². The molecule has 1 aliphatic rings. The van der Waals surface area contributed by atoms with Gasteiger partial charge in [0.1, 0.15) is 5.75 Å². The number of aromatic hydroxyl groups is 1. The van der Waals surface area contributed by atoms with Crippen LogP contribution in [0.2, 0.25) is 0 Å². The van der Waals surface area contributed by atoms with Crippen molar-refractivity contribution in [3.8, 4) is 5.75 Å². The predicted molar refractivity (Wildman–Crippen MR) is 70.5 cm³/mol. The van der Waals surface area contributed by atoms with Gasteiger partial charge in [-0.15, -0.1) is 0 Å². The van der Waals surface area contributed by atoms with Gasteiger partial charge in [0.2, 0.25) is 0 Å². The monoisotopic (exact) mass is 240 g/mol. The molecule has 3 nitrogen and oxygen atoms in total. The van der Waals surface area contributed by atoms with Crippen LogP contribution in [0.1, 0.15) is 22.6 Å². The van der Waals surface area contributed by atoms with E-state index in [1.54, 1.807) is 12.3 Å². The first kappa shape index (κ1) is 11.2. The van der Waals surface area contributed by atoms with Gasteiger partial charge in [-0.2, -0.15) is 0 Å². The maximum atomic E-state index is 9.60. The van der Waals surface area contributed by atoms with Gasteiger partial charge in [-0.25, -0.2) is 0 Å². The van der Waals surface area contributed by atoms with Crippen molar-refractivity contribution in [2.24, 2.45) is 0 Å². The highest BCUT2D eigenvalue weighted by molar-refractivity contribution is 5.43. The van der Waals surface area contributed by atoms with Crippen LogP contribution in [-0.2, 0) is 6.54 Å². The minimum atomic E-state index is 0.341. The fourth-order valence-electron chi connectivity index (χ4n) is 2.70. The third-order valence-electron chi connectivity index (χ3n) is 3.52. The van der Waals surface area contributed by atoms with E-state index in [1.807, 2.05) is 24.4 Å². The summed E-state index contributed by atoms with van der Waals surface area (Å²) >= 11 is 0. The van der Waals surface area contributed by atoms with Gasteiger partial charge >= 0.3 is 0 Å². The molecule has 2 aromatic rings. The Morgan fingerprint density at radius 2 is 2.22 bits per heavy atom. The van der Waals surface area contributed by atoms with Gasteiger partial charge < -0.3 is 10.0 Å². The second-order valence-electron chi connectivity index (χ2n) is 4.92. The number of phenols is 1. The number of hydrogen-bond donors (Lipinski definition) is 1. The van der Waals surface area contributed by atoms with Crippen LogP contribution >= 0.6 is 0 Å². The molecule has 3 rings (SSSR count). The molecule has 18 heavy (non-hydrogen) atoms. The Bertz CT molecular complexity index is 554. The van der Waals surface area contributed by atoms with Gasteiger partial charge in [0.15, 0.2) is 0 Å². The number of likely N-dealkylation sites (N-methyl/N-ethyl adjacent to an activating group) is 1. The number of nitrogens with zero attached hydrogens (tertiary/aromatic N) is 2. The van der Waals surface area contributed by atoms with Gasteiger partial charge in [-0.1, -0.05) is 12.1 Å². The first-order valence-electron chi connectivity index (χ1n) is 6.14. The largest absolute Gasteiger partial charge is 0.508 e. The summed E-state index contributed by atoms with van der Waals surface area (Å²) in [4.78, 5) is 6.48. The zero-order valence-corrected chi connectivity index (χ0v) is 10.4. The van der Waals surface area contributed by atoms with Gasteiger partial charge in [0, 0.05) is 31.4 Å². The molecule has 1 aromatic carbocycles. The number of aromatic nitrogens is 1. The molecule has 0 spiro atoms. The topological polar surface area (TPSA) is 36.4 Å². The van der Waals surface area contributed by atoms with Gasteiger partial charge in [0.25, 0.3) is 0 Å². The first-order valence-corrected chi connectivity index (χ1v) is 6.14. The molecular formula is C15H16N2O. The highest BCUT2D eigenvalue weighted by atomic mass is 16.3. The second-order valence-corrected chi connectivity index (χ2v) is 4.92. The Hall–Kier alpha value is -1.87. The summed E-state index contributed by atoms with van der Waals surface area (Å²) < 4.78 is 0. The maximum absolute atomic E-state index is 9.60. The molecule has 0 aliphatic carbocycles. The molecule has 1 aromatic heterocycles. The fraction of sp³-hybridized carbons (Fsp3) is 0.267. The highest BCUT2D eigenvalue weighted by Gasteiger charge is 2.24. The molecule has 2 heterocycles. The zero-order valence-electron chi connectivity index (χ0n) is 10.4. The summed E-state index contributed by atoms with van der Waals surface area (Å²) in [5, 5.41) is 9.60. The van der Waals surface area contributed by atoms with Crippen molar-refractivity contribution in [3.63, 3.8) is 0 Å². The third-order valence-corrected chi connectivity index (χ3v) is 3.52. The van der Waals surface area contributed by atoms with E-state index in [-0.39, 0.29) is 0 Å². The summed E-state index contributed by atoms with van der Waals surface area (Å²) in [6, 6.07) is 9.77. The van der Waals surface area contributed by atoms with E-state index in [1.165, 1.54) is 16.7 Å². The molecular weight excluding hydrogens is 224 g/mol. The Morgan fingerprint density at radius 1 is 1.33 bits per heavy atom. The molecule has 1 N–H and O–H groups in total. The number of phenolic OH excluding ortho intramolecular Hbond substituents is 1. The van der Waals surface area contributed by atoms with E-state index in [2.05, 4.69) is 23.0 Å². The molecule has 0 bridgehead atoms. The van der Waals surface area contributed by atoms with Crippen LogP contribution in [0.25, 0.3) is 0 Å². The molecule has 0 saturated carbocycles. The zero-order chi connectivity index (χ0) is 12.5. The molecule has 0 fully saturated rings. The van der Waals surface area contributed by atoms with E-state index < -0.39 is 0 Å². The predicted octanol–water partition coefficient (Wildman–Crippen LogP) is 2.36. The maximum Gasteiger partial charge on any atom is 0.115 e. The summed E-state index contributed by atoms with van der Waals surface area (Å²) in [5.74, 6) is 0.682. The lowest BCUT2D eigenvalue weighted by Gasteiger charge is -2.32. The number of rotatable bonds is 1. The van der Waals surface area contributed by atoms with Gasteiger partial charge in [0.05, 0.1) is 0 Å². The normalized spacial score (nSPS) is 19.5. The fourth-order valence-corrected chi connectivity index (χ4v) is 2.70. The van der Waals surface area contributed by atoms with Crippen molar-refractivity contribution in [2.45, 2.75) is 12.5 Å². The lowest BCUT2D eigenvalue weighted by molar-refractivity contribution is 0.294. The van der Waals surface area contributed by atoms with Crippen LogP contribution < -0.4 is 0 Å². The van der Waals surface area contributed by atoms with E-state index >= 15 is 0 Å². The molecule has 0 saturated heterocycles. The molecule has 0 amide bonds. The van der Waals surface area contributed by atoms with E-state index in [9.17, 15) is 5.11 Å². The average molecular weight is 240 g/mol. The quantitative estimate of drug-likeness (QED) is 0.831. The van der Waals surface area contributed by atoms with Crippen LogP contribution in [0.4, 0.5) is 0 Å². The summed E-state index contributed by atoms with van der Waals surface area (Å²) in [6.45, 7) is 1.88. The SMILES string of the molecule is CN1Cc2cc(O)ccc2C(c2cccnc2)C1. The van der Waals surface area contributed by atoms with Crippen LogP contribution in [0, 0.1) is 0 Å². The summed E-state index contributed by atoms with van der Waals surface area (Å²) in [7, 11) is 2.11. The number of pyridine rings is 1. The van der Waals surface area contributed by atoms with Crippen LogP contribution in [0.5, 0.6) is 5.75 Å². The minimum absolute atomic E-state index is 0.341. The lowest BCUT2D eigenvalue weighted by Crippen LogP contribution is -2.30. The van der Waals surface area contributed by atoms with Crippen LogP contribution in [0.3, 0.4) is 0 Å². The Morgan fingerprint density at radius 3 is 3.00 bits per heavy atom. The lowest BCUT2D eigenvalue weighted by atomic mass is 9.85. The second kappa shape index (κ2) is 4.42. The van der Waals surface area contributed by atoms with Crippen molar-refractivity contribution in [3.05, 3.63) is 59.4 Å². The number of hydrogen-bond acceptors (Lipinski definition) is 3. The summed E-state index contributed by atoms with van der Waals surface area (Å²) in [6.07, 6.45) is 3.73. The Balaban J connectivity index is 2.08. The highest BCUT2D eigenvalue weighted by Crippen LogP contribution is 2.34. The average Bonchev–Trinajstić information content (AvgIpc) is 2.38. The molecule has 1 unspecified atom stereocenters. The van der Waals surface area contributed by atoms with Crippen LogP contribution in [0.15, 0.2) is 42.7 Å². The summed E-state index contributed by atoms with van der Waals surface area (Å²) in [5.41, 5.74) is 3.74. The van der Waals surface area contributed by atoms with Crippen LogP contribution in [-0.4, -0.2) is 28.6 Å². The third kappa shape index (κ3) is 1.97. The minimum Gasteiger partial charge on any atom is -0.508 e. The van der Waals surface area contributed by atoms with Crippen molar-refractivity contribution in [1.29, 1.82) is 0 Å².